The van der Waals surface area contributed by atoms with Crippen molar-refractivity contribution in [1.29, 1.82) is 0 Å². The van der Waals surface area contributed by atoms with Crippen LogP contribution in [0.5, 0.6) is 0 Å². The molecule has 0 atom stereocenters. The van der Waals surface area contributed by atoms with E-state index in [9.17, 15) is 4.79 Å². The Hall–Kier alpha value is -2.40. The first kappa shape index (κ1) is 15.1. The fourth-order valence-corrected chi connectivity index (χ4v) is 3.87. The molecular weight excluding hydrogens is 318 g/mol. The summed E-state index contributed by atoms with van der Waals surface area (Å²) in [6, 6.07) is 14.1. The Balaban J connectivity index is 1.56. The third-order valence-electron chi connectivity index (χ3n) is 4.34. The van der Waals surface area contributed by atoms with E-state index in [2.05, 4.69) is 11.4 Å². The number of benzene rings is 1. The number of anilines is 1. The van der Waals surface area contributed by atoms with Gasteiger partial charge in [-0.25, -0.2) is 4.68 Å². The van der Waals surface area contributed by atoms with Gasteiger partial charge in [-0.1, -0.05) is 24.3 Å². The summed E-state index contributed by atoms with van der Waals surface area (Å²) in [4.78, 5) is 13.7. The Morgan fingerprint density at radius 3 is 2.83 bits per heavy atom. The molecule has 122 valence electrons. The molecule has 1 aliphatic rings. The smallest absolute Gasteiger partial charge is 0.225 e. The molecule has 4 nitrogen and oxygen atoms in total. The Labute approximate surface area is 145 Å². The van der Waals surface area contributed by atoms with Crippen molar-refractivity contribution in [3.8, 4) is 5.69 Å². The Bertz CT molecular complexity index is 837. The summed E-state index contributed by atoms with van der Waals surface area (Å²) in [7, 11) is 0. The highest BCUT2D eigenvalue weighted by atomic mass is 32.1. The largest absolute Gasteiger partial charge is 0.310 e. The van der Waals surface area contributed by atoms with Crippen LogP contribution in [0.2, 0.25) is 0 Å². The van der Waals surface area contributed by atoms with Crippen molar-refractivity contribution in [2.75, 3.05) is 5.32 Å². The highest BCUT2D eigenvalue weighted by Gasteiger charge is 2.24. The predicted octanol–water partition coefficient (Wildman–Crippen LogP) is 3.99. The molecule has 0 saturated carbocycles. The number of hydrogen-bond donors (Lipinski definition) is 1. The first-order chi connectivity index (χ1) is 11.8. The van der Waals surface area contributed by atoms with E-state index in [0.717, 1.165) is 42.9 Å². The van der Waals surface area contributed by atoms with E-state index < -0.39 is 0 Å². The number of amides is 1. The zero-order valence-corrected chi connectivity index (χ0v) is 14.2. The second kappa shape index (κ2) is 6.61. The first-order valence-electron chi connectivity index (χ1n) is 8.30. The summed E-state index contributed by atoms with van der Waals surface area (Å²) >= 11 is 1.70. The lowest BCUT2D eigenvalue weighted by Gasteiger charge is -2.11. The van der Waals surface area contributed by atoms with Crippen LogP contribution in [0.3, 0.4) is 0 Å². The van der Waals surface area contributed by atoms with Crippen LogP contribution in [0.25, 0.3) is 5.69 Å². The fraction of sp³-hybridized carbons (Fsp3) is 0.263. The molecular formula is C19H19N3OS. The number of para-hydroxylation sites is 1. The molecule has 4 rings (SSSR count). The summed E-state index contributed by atoms with van der Waals surface area (Å²) in [6.45, 7) is 0. The van der Waals surface area contributed by atoms with E-state index >= 15 is 0 Å². The number of carbonyl (C=O) groups is 1. The lowest BCUT2D eigenvalue weighted by atomic mass is 10.2. The molecule has 1 aliphatic carbocycles. The van der Waals surface area contributed by atoms with Gasteiger partial charge in [0.1, 0.15) is 5.82 Å². The van der Waals surface area contributed by atoms with Gasteiger partial charge in [-0.2, -0.15) is 5.10 Å². The maximum atomic E-state index is 12.4. The van der Waals surface area contributed by atoms with Crippen LogP contribution in [0, 0.1) is 0 Å². The van der Waals surface area contributed by atoms with Gasteiger partial charge < -0.3 is 5.32 Å². The Morgan fingerprint density at radius 2 is 2.04 bits per heavy atom. The van der Waals surface area contributed by atoms with Crippen molar-refractivity contribution in [2.45, 2.75) is 32.1 Å². The molecule has 0 bridgehead atoms. The maximum absolute atomic E-state index is 12.4. The van der Waals surface area contributed by atoms with Gasteiger partial charge in [0.15, 0.2) is 0 Å². The van der Waals surface area contributed by atoms with Gasteiger partial charge in [-0.3, -0.25) is 4.79 Å². The summed E-state index contributed by atoms with van der Waals surface area (Å²) in [5, 5.41) is 9.89. The number of carbonyl (C=O) groups excluding carboxylic acids is 1. The summed E-state index contributed by atoms with van der Waals surface area (Å²) < 4.78 is 1.88. The zero-order valence-electron chi connectivity index (χ0n) is 13.4. The lowest BCUT2D eigenvalue weighted by molar-refractivity contribution is -0.116. The van der Waals surface area contributed by atoms with E-state index in [0.29, 0.717) is 6.42 Å². The van der Waals surface area contributed by atoms with Crippen molar-refractivity contribution in [2.24, 2.45) is 0 Å². The first-order valence-corrected chi connectivity index (χ1v) is 9.17. The molecule has 24 heavy (non-hydrogen) atoms. The number of fused-ring (bicyclic) bond motifs is 1. The number of thiophene rings is 1. The van der Waals surface area contributed by atoms with Crippen LogP contribution in [0.1, 0.15) is 29.0 Å². The van der Waals surface area contributed by atoms with Gasteiger partial charge in [-0.05, 0) is 49.3 Å². The van der Waals surface area contributed by atoms with Gasteiger partial charge in [-0.15, -0.1) is 11.3 Å². The lowest BCUT2D eigenvalue weighted by Crippen LogP contribution is -2.16. The van der Waals surface area contributed by atoms with Gasteiger partial charge in [0, 0.05) is 16.9 Å². The van der Waals surface area contributed by atoms with Gasteiger partial charge in [0.05, 0.1) is 11.4 Å². The van der Waals surface area contributed by atoms with E-state index in [1.54, 1.807) is 11.3 Å². The number of aromatic nitrogens is 2. The quantitative estimate of drug-likeness (QED) is 0.765. The van der Waals surface area contributed by atoms with E-state index in [-0.39, 0.29) is 5.91 Å². The minimum Gasteiger partial charge on any atom is -0.310 e. The predicted molar refractivity (Wildman–Crippen MR) is 96.9 cm³/mol. The van der Waals surface area contributed by atoms with Crippen molar-refractivity contribution in [3.63, 3.8) is 0 Å². The minimum atomic E-state index is 0.0511. The second-order valence-corrected chi connectivity index (χ2v) is 7.03. The van der Waals surface area contributed by atoms with Gasteiger partial charge >= 0.3 is 0 Å². The average Bonchev–Trinajstić information content (AvgIpc) is 3.33. The molecule has 2 heterocycles. The number of rotatable bonds is 5. The molecule has 0 fully saturated rings. The van der Waals surface area contributed by atoms with E-state index in [4.69, 9.17) is 5.10 Å². The number of nitrogens with one attached hydrogen (secondary N) is 1. The van der Waals surface area contributed by atoms with Gasteiger partial charge in [0.2, 0.25) is 5.91 Å². The molecule has 2 aromatic heterocycles. The number of aryl methyl sites for hydroxylation is 2. The van der Waals surface area contributed by atoms with Crippen LogP contribution in [-0.2, 0) is 24.1 Å². The summed E-state index contributed by atoms with van der Waals surface area (Å²) in [5.74, 6) is 0.903. The normalized spacial score (nSPS) is 13.0. The molecule has 0 unspecified atom stereocenters. The summed E-state index contributed by atoms with van der Waals surface area (Å²) in [6.07, 6.45) is 4.38. The second-order valence-electron chi connectivity index (χ2n) is 6.00. The van der Waals surface area contributed by atoms with E-state index in [1.165, 1.54) is 10.4 Å². The van der Waals surface area contributed by atoms with Gasteiger partial charge in [0.25, 0.3) is 0 Å². The highest BCUT2D eigenvalue weighted by molar-refractivity contribution is 7.09. The van der Waals surface area contributed by atoms with Crippen LogP contribution in [-0.4, -0.2) is 15.7 Å². The summed E-state index contributed by atoms with van der Waals surface area (Å²) in [5.41, 5.74) is 3.30. The number of hydrogen-bond acceptors (Lipinski definition) is 3. The van der Waals surface area contributed by atoms with Crippen LogP contribution in [0.15, 0.2) is 47.8 Å². The Morgan fingerprint density at radius 1 is 1.17 bits per heavy atom. The van der Waals surface area contributed by atoms with Crippen molar-refractivity contribution in [3.05, 3.63) is 64.0 Å². The topological polar surface area (TPSA) is 46.9 Å². The molecule has 5 heteroatoms. The van der Waals surface area contributed by atoms with Crippen molar-refractivity contribution in [1.82, 2.24) is 9.78 Å². The molecule has 3 aromatic rings. The standard InChI is InChI=1S/C19H19N3OS/c23-18(12-11-15-8-5-13-24-15)20-19-16-9-4-10-17(16)21-22(19)14-6-2-1-3-7-14/h1-3,5-8,13H,4,9-12H2,(H,20,23). The zero-order chi connectivity index (χ0) is 16.4. The average molecular weight is 337 g/mol. The van der Waals surface area contributed by atoms with Crippen LogP contribution in [0.4, 0.5) is 5.82 Å². The molecule has 0 radical (unpaired) electrons. The number of nitrogens with zero attached hydrogens (tertiary/aromatic N) is 2. The van der Waals surface area contributed by atoms with Crippen molar-refractivity contribution >= 4 is 23.1 Å². The molecule has 0 spiro atoms. The van der Waals surface area contributed by atoms with E-state index in [1.807, 2.05) is 46.5 Å². The SMILES string of the molecule is O=C(CCc1cccs1)Nc1c2c(nn1-c1ccccc1)CCC2. The van der Waals surface area contributed by atoms with Crippen LogP contribution >= 0.6 is 11.3 Å². The minimum absolute atomic E-state index is 0.0511. The molecule has 1 amide bonds. The van der Waals surface area contributed by atoms with Crippen LogP contribution < -0.4 is 5.32 Å². The molecule has 0 aliphatic heterocycles. The third-order valence-corrected chi connectivity index (χ3v) is 5.28. The highest BCUT2D eigenvalue weighted by Crippen LogP contribution is 2.31. The van der Waals surface area contributed by atoms with Crippen molar-refractivity contribution < 1.29 is 4.79 Å². The molecule has 1 N–H and O–H groups in total. The molecule has 1 aromatic carbocycles. The third kappa shape index (κ3) is 2.99. The monoisotopic (exact) mass is 337 g/mol. The fourth-order valence-electron chi connectivity index (χ4n) is 3.16. The molecule has 0 saturated heterocycles. The maximum Gasteiger partial charge on any atom is 0.225 e. The Kier molecular flexibility index (Phi) is 4.17.